The van der Waals surface area contributed by atoms with Gasteiger partial charge in [0.15, 0.2) is 0 Å². The highest BCUT2D eigenvalue weighted by Gasteiger charge is 2.35. The lowest BCUT2D eigenvalue weighted by Gasteiger charge is -2.29. The van der Waals surface area contributed by atoms with E-state index in [0.717, 1.165) is 18.7 Å². The van der Waals surface area contributed by atoms with E-state index in [9.17, 15) is 0 Å². The second-order valence-corrected chi connectivity index (χ2v) is 6.43. The molecule has 2 aliphatic rings. The molecule has 3 nitrogen and oxygen atoms in total. The van der Waals surface area contributed by atoms with Gasteiger partial charge >= 0.3 is 0 Å². The van der Waals surface area contributed by atoms with E-state index in [4.69, 9.17) is 0 Å². The number of hydrogen-bond donors (Lipinski definition) is 1. The fourth-order valence-electron chi connectivity index (χ4n) is 3.40. The van der Waals surface area contributed by atoms with Crippen LogP contribution >= 0.6 is 0 Å². The third-order valence-corrected chi connectivity index (χ3v) is 4.69. The predicted octanol–water partition coefficient (Wildman–Crippen LogP) is 3.35. The minimum atomic E-state index is 0.395. The summed E-state index contributed by atoms with van der Waals surface area (Å²) in [5.74, 6) is 1.11. The number of nitrogens with one attached hydrogen (secondary N) is 1. The second-order valence-electron chi connectivity index (χ2n) is 6.43. The molecule has 0 spiro atoms. The third kappa shape index (κ3) is 2.11. The summed E-state index contributed by atoms with van der Waals surface area (Å²) in [4.78, 5) is 8.94. The molecule has 0 saturated heterocycles. The first-order valence-corrected chi connectivity index (χ1v) is 7.26. The quantitative estimate of drug-likeness (QED) is 0.868. The Kier molecular flexibility index (Phi) is 3.00. The third-order valence-electron chi connectivity index (χ3n) is 4.69. The van der Waals surface area contributed by atoms with Gasteiger partial charge in [0.25, 0.3) is 0 Å². The van der Waals surface area contributed by atoms with Gasteiger partial charge in [0.1, 0.15) is 12.1 Å². The Hall–Kier alpha value is -1.12. The average molecular weight is 245 g/mol. The van der Waals surface area contributed by atoms with Crippen LogP contribution in [0.15, 0.2) is 6.33 Å². The molecule has 0 aliphatic heterocycles. The van der Waals surface area contributed by atoms with Crippen LogP contribution in [0.25, 0.3) is 0 Å². The van der Waals surface area contributed by atoms with Gasteiger partial charge in [-0.3, -0.25) is 0 Å². The number of rotatable bonds is 2. The molecule has 3 heteroatoms. The second kappa shape index (κ2) is 4.52. The minimum Gasteiger partial charge on any atom is -0.366 e. The highest BCUT2D eigenvalue weighted by atomic mass is 15.1. The molecule has 1 fully saturated rings. The van der Waals surface area contributed by atoms with Crippen LogP contribution in [0.5, 0.6) is 0 Å². The first kappa shape index (κ1) is 11.9. The van der Waals surface area contributed by atoms with Crippen molar-refractivity contribution in [2.24, 2.45) is 5.41 Å². The zero-order chi connectivity index (χ0) is 12.6. The summed E-state index contributed by atoms with van der Waals surface area (Å²) < 4.78 is 0. The highest BCUT2D eigenvalue weighted by molar-refractivity contribution is 5.48. The number of aryl methyl sites for hydroxylation is 1. The van der Waals surface area contributed by atoms with Gasteiger partial charge in [-0.05, 0) is 43.9 Å². The maximum atomic E-state index is 4.50. The Morgan fingerprint density at radius 2 is 2.00 bits per heavy atom. The fourth-order valence-corrected chi connectivity index (χ4v) is 3.40. The van der Waals surface area contributed by atoms with Gasteiger partial charge in [-0.25, -0.2) is 9.97 Å². The van der Waals surface area contributed by atoms with Crippen molar-refractivity contribution >= 4 is 5.82 Å². The molecular formula is C15H23N3. The molecule has 1 N–H and O–H groups in total. The molecule has 0 amide bonds. The van der Waals surface area contributed by atoms with Crippen LogP contribution in [0.4, 0.5) is 5.82 Å². The Labute approximate surface area is 109 Å². The Balaban J connectivity index is 1.85. The van der Waals surface area contributed by atoms with E-state index in [0.29, 0.717) is 11.5 Å². The van der Waals surface area contributed by atoms with Crippen LogP contribution < -0.4 is 5.32 Å². The summed E-state index contributed by atoms with van der Waals surface area (Å²) in [7, 11) is 0. The molecular weight excluding hydrogens is 222 g/mol. The van der Waals surface area contributed by atoms with Crippen molar-refractivity contribution in [2.75, 3.05) is 5.32 Å². The molecule has 1 aromatic rings. The predicted molar refractivity (Wildman–Crippen MR) is 73.7 cm³/mol. The topological polar surface area (TPSA) is 37.8 Å². The van der Waals surface area contributed by atoms with Gasteiger partial charge in [0.05, 0.1) is 0 Å². The number of hydrogen-bond acceptors (Lipinski definition) is 3. The van der Waals surface area contributed by atoms with Crippen LogP contribution in [0.3, 0.4) is 0 Å². The molecule has 1 heterocycles. The summed E-state index contributed by atoms with van der Waals surface area (Å²) in [6.45, 7) is 4.73. The van der Waals surface area contributed by atoms with Gasteiger partial charge in [0, 0.05) is 17.3 Å². The van der Waals surface area contributed by atoms with E-state index >= 15 is 0 Å². The van der Waals surface area contributed by atoms with Crippen molar-refractivity contribution in [1.82, 2.24) is 9.97 Å². The summed E-state index contributed by atoms with van der Waals surface area (Å²) in [6.07, 6.45) is 10.5. The lowest BCUT2D eigenvalue weighted by atomic mass is 9.87. The zero-order valence-corrected chi connectivity index (χ0v) is 11.5. The van der Waals surface area contributed by atoms with Crippen LogP contribution in [0.1, 0.15) is 57.2 Å². The van der Waals surface area contributed by atoms with Crippen molar-refractivity contribution < 1.29 is 0 Å². The molecule has 0 radical (unpaired) electrons. The summed E-state index contributed by atoms with van der Waals surface area (Å²) in [5, 5.41) is 3.71. The SMILES string of the molecule is CC1(C)CCCC1Nc1ncnc2c1CCCC2. The van der Waals surface area contributed by atoms with Crippen molar-refractivity contribution in [2.45, 2.75) is 64.8 Å². The van der Waals surface area contributed by atoms with Crippen LogP contribution in [0.2, 0.25) is 0 Å². The monoisotopic (exact) mass is 245 g/mol. The maximum Gasteiger partial charge on any atom is 0.133 e. The van der Waals surface area contributed by atoms with E-state index in [-0.39, 0.29) is 0 Å². The molecule has 2 aliphatic carbocycles. The molecule has 1 saturated carbocycles. The largest absolute Gasteiger partial charge is 0.366 e. The first-order chi connectivity index (χ1) is 8.67. The van der Waals surface area contributed by atoms with Crippen molar-refractivity contribution in [1.29, 1.82) is 0 Å². The van der Waals surface area contributed by atoms with Crippen LogP contribution in [-0.2, 0) is 12.8 Å². The lowest BCUT2D eigenvalue weighted by Crippen LogP contribution is -2.32. The van der Waals surface area contributed by atoms with E-state index in [2.05, 4.69) is 29.1 Å². The average Bonchev–Trinajstić information content (AvgIpc) is 2.69. The normalized spacial score (nSPS) is 25.8. The minimum absolute atomic E-state index is 0.395. The number of fused-ring (bicyclic) bond motifs is 1. The standard InChI is InChI=1S/C15H23N3/c1-15(2)9-5-8-13(15)18-14-11-6-3-4-7-12(11)16-10-17-14/h10,13H,3-9H2,1-2H3,(H,16,17,18). The molecule has 1 atom stereocenters. The molecule has 1 unspecified atom stereocenters. The zero-order valence-electron chi connectivity index (χ0n) is 11.5. The molecule has 18 heavy (non-hydrogen) atoms. The number of nitrogens with zero attached hydrogens (tertiary/aromatic N) is 2. The van der Waals surface area contributed by atoms with E-state index < -0.39 is 0 Å². The van der Waals surface area contributed by atoms with Gasteiger partial charge in [-0.1, -0.05) is 20.3 Å². The van der Waals surface area contributed by atoms with Crippen LogP contribution in [0, 0.1) is 5.41 Å². The number of aromatic nitrogens is 2. The van der Waals surface area contributed by atoms with Crippen molar-refractivity contribution in [3.8, 4) is 0 Å². The van der Waals surface area contributed by atoms with Gasteiger partial charge in [0.2, 0.25) is 0 Å². The highest BCUT2D eigenvalue weighted by Crippen LogP contribution is 2.39. The molecule has 1 aromatic heterocycles. The smallest absolute Gasteiger partial charge is 0.133 e. The maximum absolute atomic E-state index is 4.50. The van der Waals surface area contributed by atoms with Gasteiger partial charge < -0.3 is 5.32 Å². The fraction of sp³-hybridized carbons (Fsp3) is 0.733. The molecule has 98 valence electrons. The Morgan fingerprint density at radius 3 is 2.78 bits per heavy atom. The Bertz CT molecular complexity index is 439. The summed E-state index contributed by atoms with van der Waals surface area (Å²) in [5.41, 5.74) is 3.05. The summed E-state index contributed by atoms with van der Waals surface area (Å²) >= 11 is 0. The van der Waals surface area contributed by atoms with Crippen molar-refractivity contribution in [3.05, 3.63) is 17.6 Å². The summed E-state index contributed by atoms with van der Waals surface area (Å²) in [6, 6.07) is 0.568. The number of anilines is 1. The molecule has 0 bridgehead atoms. The van der Waals surface area contributed by atoms with E-state index in [1.807, 2.05) is 0 Å². The van der Waals surface area contributed by atoms with Gasteiger partial charge in [-0.15, -0.1) is 0 Å². The van der Waals surface area contributed by atoms with Crippen molar-refractivity contribution in [3.63, 3.8) is 0 Å². The van der Waals surface area contributed by atoms with Crippen LogP contribution in [-0.4, -0.2) is 16.0 Å². The van der Waals surface area contributed by atoms with E-state index in [1.165, 1.54) is 43.4 Å². The molecule has 3 rings (SSSR count). The molecule has 0 aromatic carbocycles. The van der Waals surface area contributed by atoms with Gasteiger partial charge in [-0.2, -0.15) is 0 Å². The van der Waals surface area contributed by atoms with E-state index in [1.54, 1.807) is 6.33 Å². The first-order valence-electron chi connectivity index (χ1n) is 7.26. The lowest BCUT2D eigenvalue weighted by molar-refractivity contribution is 0.349. The Morgan fingerprint density at radius 1 is 1.17 bits per heavy atom.